The number of benzene rings is 1. The molecule has 1 aromatic rings. The third-order valence-electron chi connectivity index (χ3n) is 2.78. The van der Waals surface area contributed by atoms with E-state index in [2.05, 4.69) is 57.7 Å². The maximum absolute atomic E-state index is 12.9. The Bertz CT molecular complexity index is 366. The fourth-order valence-corrected chi connectivity index (χ4v) is 2.13. The molecule has 0 heterocycles. The third kappa shape index (κ3) is 3.54. The highest BCUT2D eigenvalue weighted by Gasteiger charge is 2.22. The van der Waals surface area contributed by atoms with Crippen LogP contribution in [0.4, 0.5) is 4.39 Å². The maximum Gasteiger partial charge on any atom is 0.124 e. The fourth-order valence-electron chi connectivity index (χ4n) is 1.22. The van der Waals surface area contributed by atoms with E-state index in [1.54, 1.807) is 0 Å². The summed E-state index contributed by atoms with van der Waals surface area (Å²) in [7, 11) is 2.07. The van der Waals surface area contributed by atoms with Crippen molar-refractivity contribution < 1.29 is 4.39 Å². The first-order valence-electron chi connectivity index (χ1n) is 5.08. The first-order valence-corrected chi connectivity index (χ1v) is 6.99. The highest BCUT2D eigenvalue weighted by molar-refractivity contribution is 9.10. The van der Waals surface area contributed by atoms with Gasteiger partial charge in [0.05, 0.1) is 0 Å². The van der Waals surface area contributed by atoms with Crippen LogP contribution in [0.2, 0.25) is 0 Å². The Morgan fingerprint density at radius 2 is 2.00 bits per heavy atom. The van der Waals surface area contributed by atoms with Crippen LogP contribution in [0.3, 0.4) is 0 Å². The average molecular weight is 353 g/mol. The van der Waals surface area contributed by atoms with Crippen molar-refractivity contribution in [2.45, 2.75) is 25.9 Å². The summed E-state index contributed by atoms with van der Waals surface area (Å²) in [4.78, 5) is 2.24. The Balaban J connectivity index is 2.81. The summed E-state index contributed by atoms with van der Waals surface area (Å²) in [5, 5.41) is 0.898. The Morgan fingerprint density at radius 1 is 1.38 bits per heavy atom. The number of halogens is 3. The second-order valence-electron chi connectivity index (χ2n) is 4.54. The van der Waals surface area contributed by atoms with E-state index in [0.29, 0.717) is 0 Å². The molecule has 4 heteroatoms. The molecule has 0 atom stereocenters. The van der Waals surface area contributed by atoms with Crippen molar-refractivity contribution in [3.05, 3.63) is 34.1 Å². The van der Waals surface area contributed by atoms with Gasteiger partial charge in [-0.25, -0.2) is 4.39 Å². The molecule has 0 radical (unpaired) electrons. The van der Waals surface area contributed by atoms with Gasteiger partial charge in [0.15, 0.2) is 0 Å². The smallest absolute Gasteiger partial charge is 0.124 e. The van der Waals surface area contributed by atoms with E-state index in [-0.39, 0.29) is 11.4 Å². The molecule has 90 valence electrons. The van der Waals surface area contributed by atoms with Gasteiger partial charge < -0.3 is 0 Å². The zero-order valence-corrected chi connectivity index (χ0v) is 12.9. The molecule has 1 rings (SSSR count). The van der Waals surface area contributed by atoms with Gasteiger partial charge >= 0.3 is 0 Å². The second kappa shape index (κ2) is 5.61. The van der Waals surface area contributed by atoms with Crippen molar-refractivity contribution in [2.24, 2.45) is 0 Å². The topological polar surface area (TPSA) is 3.24 Å². The van der Waals surface area contributed by atoms with Crippen LogP contribution in [0.1, 0.15) is 19.4 Å². The molecule has 16 heavy (non-hydrogen) atoms. The van der Waals surface area contributed by atoms with Gasteiger partial charge in [0.2, 0.25) is 0 Å². The van der Waals surface area contributed by atoms with Crippen LogP contribution in [0, 0.1) is 5.82 Å². The van der Waals surface area contributed by atoms with Gasteiger partial charge in [0, 0.05) is 21.9 Å². The monoisotopic (exact) mass is 351 g/mol. The lowest BCUT2D eigenvalue weighted by Gasteiger charge is -2.34. The lowest BCUT2D eigenvalue weighted by Crippen LogP contribution is -2.42. The molecular formula is C12H16Br2FN. The maximum atomic E-state index is 12.9. The predicted molar refractivity (Wildman–Crippen MR) is 73.4 cm³/mol. The van der Waals surface area contributed by atoms with E-state index >= 15 is 0 Å². The standard InChI is InChI=1S/C12H16Br2FN/c1-12(2,8-13)16(3)7-9-4-5-10(15)6-11(9)14/h4-6H,7-8H2,1-3H3. The molecular weight excluding hydrogens is 337 g/mol. The molecule has 0 saturated carbocycles. The van der Waals surface area contributed by atoms with Gasteiger partial charge in [0.1, 0.15) is 5.82 Å². The number of hydrogen-bond acceptors (Lipinski definition) is 1. The lowest BCUT2D eigenvalue weighted by molar-refractivity contribution is 0.173. The minimum atomic E-state index is -0.210. The van der Waals surface area contributed by atoms with E-state index in [4.69, 9.17) is 0 Å². The van der Waals surface area contributed by atoms with Crippen molar-refractivity contribution in [1.82, 2.24) is 4.90 Å². The van der Waals surface area contributed by atoms with Crippen molar-refractivity contribution in [2.75, 3.05) is 12.4 Å². The normalized spacial score (nSPS) is 12.2. The summed E-state index contributed by atoms with van der Waals surface area (Å²) in [5.41, 5.74) is 1.17. The molecule has 0 amide bonds. The first-order chi connectivity index (χ1) is 7.36. The molecule has 1 nitrogen and oxygen atoms in total. The summed E-state index contributed by atoms with van der Waals surface area (Å²) in [6.45, 7) is 5.12. The van der Waals surface area contributed by atoms with Crippen LogP contribution in [0.25, 0.3) is 0 Å². The Hall–Kier alpha value is 0.0700. The molecule has 0 aromatic heterocycles. The summed E-state index contributed by atoms with van der Waals surface area (Å²) in [6.07, 6.45) is 0. The number of alkyl halides is 1. The van der Waals surface area contributed by atoms with Crippen LogP contribution in [0.15, 0.2) is 22.7 Å². The molecule has 0 bridgehead atoms. The molecule has 0 N–H and O–H groups in total. The number of nitrogens with zero attached hydrogens (tertiary/aromatic N) is 1. The van der Waals surface area contributed by atoms with Crippen LogP contribution >= 0.6 is 31.9 Å². The van der Waals surface area contributed by atoms with Crippen LogP contribution in [0.5, 0.6) is 0 Å². The molecule has 0 saturated heterocycles. The second-order valence-corrected chi connectivity index (χ2v) is 5.95. The van der Waals surface area contributed by atoms with Crippen LogP contribution in [-0.2, 0) is 6.54 Å². The van der Waals surface area contributed by atoms with E-state index < -0.39 is 0 Å². The molecule has 0 aliphatic rings. The lowest BCUT2D eigenvalue weighted by atomic mass is 10.1. The summed E-state index contributed by atoms with van der Waals surface area (Å²) >= 11 is 6.89. The SMILES string of the molecule is CN(Cc1ccc(F)cc1Br)C(C)(C)CBr. The van der Waals surface area contributed by atoms with Crippen LogP contribution < -0.4 is 0 Å². The van der Waals surface area contributed by atoms with Gasteiger partial charge in [-0.1, -0.05) is 37.9 Å². The largest absolute Gasteiger partial charge is 0.296 e. The van der Waals surface area contributed by atoms with E-state index in [1.807, 2.05) is 6.07 Å². The zero-order valence-electron chi connectivity index (χ0n) is 9.73. The van der Waals surface area contributed by atoms with Crippen molar-refractivity contribution in [3.63, 3.8) is 0 Å². The molecule has 0 unspecified atom stereocenters. The van der Waals surface area contributed by atoms with Crippen molar-refractivity contribution >= 4 is 31.9 Å². The molecule has 0 fully saturated rings. The Kier molecular flexibility index (Phi) is 4.95. The molecule has 0 spiro atoms. The highest BCUT2D eigenvalue weighted by atomic mass is 79.9. The van der Waals surface area contributed by atoms with E-state index in [0.717, 1.165) is 21.9 Å². The summed E-state index contributed by atoms with van der Waals surface area (Å²) < 4.78 is 13.8. The number of rotatable bonds is 4. The Morgan fingerprint density at radius 3 is 2.50 bits per heavy atom. The molecule has 0 aliphatic heterocycles. The zero-order chi connectivity index (χ0) is 12.3. The summed E-state index contributed by atoms with van der Waals surface area (Å²) in [6, 6.07) is 4.82. The third-order valence-corrected chi connectivity index (χ3v) is 4.89. The number of hydrogen-bond donors (Lipinski definition) is 0. The minimum Gasteiger partial charge on any atom is -0.296 e. The van der Waals surface area contributed by atoms with Gasteiger partial charge in [-0.2, -0.15) is 0 Å². The quantitative estimate of drug-likeness (QED) is 0.734. The molecule has 1 aromatic carbocycles. The van der Waals surface area contributed by atoms with Crippen molar-refractivity contribution in [1.29, 1.82) is 0 Å². The fraction of sp³-hybridized carbons (Fsp3) is 0.500. The van der Waals surface area contributed by atoms with Gasteiger partial charge in [-0.3, -0.25) is 4.90 Å². The first kappa shape index (κ1) is 14.1. The van der Waals surface area contributed by atoms with Gasteiger partial charge in [0.25, 0.3) is 0 Å². The van der Waals surface area contributed by atoms with Crippen LogP contribution in [-0.4, -0.2) is 22.8 Å². The van der Waals surface area contributed by atoms with E-state index in [1.165, 1.54) is 12.1 Å². The van der Waals surface area contributed by atoms with Gasteiger partial charge in [-0.15, -0.1) is 0 Å². The summed E-state index contributed by atoms with van der Waals surface area (Å²) in [5.74, 6) is -0.210. The van der Waals surface area contributed by atoms with Crippen molar-refractivity contribution in [3.8, 4) is 0 Å². The predicted octanol–water partition coefficient (Wildman–Crippen LogP) is 4.19. The highest BCUT2D eigenvalue weighted by Crippen LogP contribution is 2.23. The van der Waals surface area contributed by atoms with E-state index in [9.17, 15) is 4.39 Å². The average Bonchev–Trinajstić information content (AvgIpc) is 2.22. The molecule has 0 aliphatic carbocycles. The van der Waals surface area contributed by atoms with Gasteiger partial charge in [-0.05, 0) is 38.6 Å². The minimum absolute atomic E-state index is 0.0772. The Labute approximate surface area is 113 Å².